The maximum atomic E-state index is 13.4. The van der Waals surface area contributed by atoms with Crippen LogP contribution in [0.4, 0.5) is 0 Å². The lowest BCUT2D eigenvalue weighted by molar-refractivity contribution is -0.145. The number of piperidine rings is 1. The van der Waals surface area contributed by atoms with Gasteiger partial charge in [0, 0.05) is 32.9 Å². The Kier molecular flexibility index (Phi) is 4.72. The third-order valence-corrected chi connectivity index (χ3v) is 5.87. The van der Waals surface area contributed by atoms with Crippen LogP contribution in [0.25, 0.3) is 0 Å². The zero-order chi connectivity index (χ0) is 18.9. The van der Waals surface area contributed by atoms with Gasteiger partial charge in [0.25, 0.3) is 5.91 Å². The fourth-order valence-electron chi connectivity index (χ4n) is 4.51. The van der Waals surface area contributed by atoms with Crippen LogP contribution in [0, 0.1) is 0 Å². The smallest absolute Gasteiger partial charge is 0.274 e. The predicted octanol–water partition coefficient (Wildman–Crippen LogP) is 2.26. The van der Waals surface area contributed by atoms with E-state index in [0.29, 0.717) is 18.8 Å². The maximum Gasteiger partial charge on any atom is 0.274 e. The summed E-state index contributed by atoms with van der Waals surface area (Å²) in [7, 11) is 1.85. The van der Waals surface area contributed by atoms with E-state index in [1.807, 2.05) is 30.1 Å². The quantitative estimate of drug-likeness (QED) is 0.834. The number of hydrogen-bond donors (Lipinski definition) is 0. The zero-order valence-corrected chi connectivity index (χ0v) is 15.8. The average Bonchev–Trinajstić information content (AvgIpc) is 3.30. The Labute approximate surface area is 159 Å². The lowest BCUT2D eigenvalue weighted by Crippen LogP contribution is -2.61. The molecule has 1 aromatic carbocycles. The summed E-state index contributed by atoms with van der Waals surface area (Å²) in [5.41, 5.74) is 0.981. The molecule has 1 unspecified atom stereocenters. The molecule has 0 N–H and O–H groups in total. The number of amides is 2. The second-order valence-electron chi connectivity index (χ2n) is 7.65. The average molecular weight is 366 g/mol. The first-order valence-corrected chi connectivity index (χ1v) is 9.73. The molecule has 0 saturated carbocycles. The van der Waals surface area contributed by atoms with Crippen LogP contribution in [0.5, 0.6) is 0 Å². The predicted molar refractivity (Wildman–Crippen MR) is 102 cm³/mol. The molecule has 6 heteroatoms. The van der Waals surface area contributed by atoms with Gasteiger partial charge >= 0.3 is 0 Å². The number of carbonyl (C=O) groups excluding carboxylic acids is 2. The second-order valence-corrected chi connectivity index (χ2v) is 7.65. The van der Waals surface area contributed by atoms with Gasteiger partial charge in [-0.25, -0.2) is 4.98 Å². The molecule has 6 nitrogen and oxygen atoms in total. The first kappa shape index (κ1) is 17.8. The van der Waals surface area contributed by atoms with Crippen LogP contribution in [0.1, 0.15) is 41.7 Å². The van der Waals surface area contributed by atoms with E-state index in [1.165, 1.54) is 5.56 Å². The maximum absolute atomic E-state index is 13.4. The third kappa shape index (κ3) is 3.24. The van der Waals surface area contributed by atoms with E-state index in [1.54, 1.807) is 22.0 Å². The molecule has 2 saturated heterocycles. The Morgan fingerprint density at radius 2 is 1.89 bits per heavy atom. The minimum absolute atomic E-state index is 0.117. The third-order valence-electron chi connectivity index (χ3n) is 5.87. The van der Waals surface area contributed by atoms with E-state index < -0.39 is 5.54 Å². The highest BCUT2D eigenvalue weighted by Gasteiger charge is 2.52. The number of aryl methyl sites for hydroxylation is 1. The highest BCUT2D eigenvalue weighted by molar-refractivity contribution is 5.98. The Morgan fingerprint density at radius 3 is 2.59 bits per heavy atom. The monoisotopic (exact) mass is 366 g/mol. The van der Waals surface area contributed by atoms with Crippen LogP contribution >= 0.6 is 0 Å². The van der Waals surface area contributed by atoms with Gasteiger partial charge in [-0.2, -0.15) is 0 Å². The van der Waals surface area contributed by atoms with Crippen molar-refractivity contribution in [3.05, 3.63) is 54.1 Å². The fourth-order valence-corrected chi connectivity index (χ4v) is 4.51. The van der Waals surface area contributed by atoms with Crippen molar-refractivity contribution in [2.24, 2.45) is 7.05 Å². The van der Waals surface area contributed by atoms with Gasteiger partial charge in [-0.3, -0.25) is 9.59 Å². The number of benzene rings is 1. The molecule has 0 radical (unpaired) electrons. The molecular formula is C21H26N4O2. The molecule has 2 aromatic rings. The van der Waals surface area contributed by atoms with Crippen molar-refractivity contribution < 1.29 is 9.59 Å². The molecule has 0 aliphatic carbocycles. The summed E-state index contributed by atoms with van der Waals surface area (Å²) in [4.78, 5) is 34.4. The van der Waals surface area contributed by atoms with Gasteiger partial charge in [-0.15, -0.1) is 0 Å². The molecule has 2 aliphatic heterocycles. The van der Waals surface area contributed by atoms with Crippen LogP contribution in [-0.2, 0) is 18.3 Å². The Morgan fingerprint density at radius 1 is 1.15 bits per heavy atom. The van der Waals surface area contributed by atoms with Crippen LogP contribution in [0.3, 0.4) is 0 Å². The van der Waals surface area contributed by atoms with Crippen molar-refractivity contribution >= 4 is 11.8 Å². The van der Waals surface area contributed by atoms with Gasteiger partial charge in [-0.1, -0.05) is 30.3 Å². The second kappa shape index (κ2) is 7.18. The van der Waals surface area contributed by atoms with E-state index in [2.05, 4.69) is 17.1 Å². The summed E-state index contributed by atoms with van der Waals surface area (Å²) in [5.74, 6) is -0.00202. The normalized spacial score (nSPS) is 22.6. The Hall–Kier alpha value is -2.63. The van der Waals surface area contributed by atoms with Crippen molar-refractivity contribution in [2.75, 3.05) is 19.6 Å². The van der Waals surface area contributed by atoms with Crippen molar-refractivity contribution in [1.82, 2.24) is 19.4 Å². The van der Waals surface area contributed by atoms with Gasteiger partial charge < -0.3 is 14.4 Å². The van der Waals surface area contributed by atoms with E-state index in [4.69, 9.17) is 0 Å². The molecule has 4 rings (SSSR count). The Balaban J connectivity index is 1.52. The van der Waals surface area contributed by atoms with Crippen molar-refractivity contribution in [3.8, 4) is 0 Å². The molecule has 2 amide bonds. The summed E-state index contributed by atoms with van der Waals surface area (Å²) in [6.45, 7) is 2.11. The number of likely N-dealkylation sites (tertiary alicyclic amines) is 2. The van der Waals surface area contributed by atoms with Gasteiger partial charge in [0.1, 0.15) is 11.2 Å². The van der Waals surface area contributed by atoms with Gasteiger partial charge in [0.15, 0.2) is 0 Å². The molecule has 27 heavy (non-hydrogen) atoms. The SMILES string of the molecule is Cn1cnc(C(=O)N2CCCC23CCCN(CCc2ccccc2)C3=O)c1. The first-order valence-electron chi connectivity index (χ1n) is 9.73. The number of carbonyl (C=O) groups is 2. The highest BCUT2D eigenvalue weighted by Crippen LogP contribution is 2.39. The van der Waals surface area contributed by atoms with Crippen molar-refractivity contribution in [2.45, 2.75) is 37.6 Å². The van der Waals surface area contributed by atoms with E-state index in [9.17, 15) is 9.59 Å². The lowest BCUT2D eigenvalue weighted by Gasteiger charge is -2.44. The summed E-state index contributed by atoms with van der Waals surface area (Å²) >= 11 is 0. The molecule has 3 heterocycles. The van der Waals surface area contributed by atoms with Crippen molar-refractivity contribution in [3.63, 3.8) is 0 Å². The topological polar surface area (TPSA) is 58.4 Å². The summed E-state index contributed by atoms with van der Waals surface area (Å²) in [6.07, 6.45) is 7.53. The van der Waals surface area contributed by atoms with E-state index >= 15 is 0 Å². The molecule has 1 atom stereocenters. The molecule has 2 fully saturated rings. The van der Waals surface area contributed by atoms with Crippen LogP contribution < -0.4 is 0 Å². The molecular weight excluding hydrogens is 340 g/mol. The molecule has 0 bridgehead atoms. The number of rotatable bonds is 4. The lowest BCUT2D eigenvalue weighted by atomic mass is 9.85. The highest BCUT2D eigenvalue weighted by atomic mass is 16.2. The summed E-state index contributed by atoms with van der Waals surface area (Å²) in [5, 5.41) is 0. The van der Waals surface area contributed by atoms with Crippen LogP contribution in [0.15, 0.2) is 42.9 Å². The molecule has 1 aromatic heterocycles. The van der Waals surface area contributed by atoms with E-state index in [0.717, 1.165) is 38.6 Å². The molecule has 2 aliphatic rings. The summed E-state index contributed by atoms with van der Waals surface area (Å²) in [6, 6.07) is 10.2. The minimum atomic E-state index is -0.677. The van der Waals surface area contributed by atoms with Crippen LogP contribution in [0.2, 0.25) is 0 Å². The van der Waals surface area contributed by atoms with Gasteiger partial charge in [0.2, 0.25) is 5.91 Å². The standard InChI is InChI=1S/C21H26N4O2/c1-23-15-18(22-16-23)19(26)25-13-6-11-21(25)10-5-12-24(20(21)27)14-9-17-7-3-2-4-8-17/h2-4,7-8,15-16H,5-6,9-14H2,1H3. The fraction of sp³-hybridized carbons (Fsp3) is 0.476. The van der Waals surface area contributed by atoms with Crippen molar-refractivity contribution in [1.29, 1.82) is 0 Å². The Bertz CT molecular complexity index is 832. The largest absolute Gasteiger partial charge is 0.340 e. The number of hydrogen-bond acceptors (Lipinski definition) is 3. The number of nitrogens with zero attached hydrogens (tertiary/aromatic N) is 4. The number of aromatic nitrogens is 2. The first-order chi connectivity index (χ1) is 13.1. The van der Waals surface area contributed by atoms with Gasteiger partial charge in [0.05, 0.1) is 6.33 Å². The molecule has 142 valence electrons. The zero-order valence-electron chi connectivity index (χ0n) is 15.8. The van der Waals surface area contributed by atoms with E-state index in [-0.39, 0.29) is 11.8 Å². The van der Waals surface area contributed by atoms with Crippen LogP contribution in [-0.4, -0.2) is 56.3 Å². The minimum Gasteiger partial charge on any atom is -0.340 e. The molecule has 1 spiro atoms. The van der Waals surface area contributed by atoms with Gasteiger partial charge in [-0.05, 0) is 37.7 Å². The summed E-state index contributed by atoms with van der Waals surface area (Å²) < 4.78 is 1.77. The number of imidazole rings is 1.